The van der Waals surface area contributed by atoms with Crippen LogP contribution in [-0.2, 0) is 0 Å². The number of piperidine rings is 3. The first-order valence-electron chi connectivity index (χ1n) is 7.22. The topological polar surface area (TPSA) is 71.7 Å². The van der Waals surface area contributed by atoms with Gasteiger partial charge in [-0.25, -0.2) is 4.39 Å². The van der Waals surface area contributed by atoms with E-state index in [4.69, 9.17) is 16.9 Å². The van der Waals surface area contributed by atoms with Crippen molar-refractivity contribution in [1.82, 2.24) is 10.4 Å². The van der Waals surface area contributed by atoms with Crippen molar-refractivity contribution in [3.8, 4) is 6.07 Å². The van der Waals surface area contributed by atoms with Crippen LogP contribution in [0.4, 0.5) is 4.39 Å². The fourth-order valence-electron chi connectivity index (χ4n) is 3.24. The first-order valence-corrected chi connectivity index (χ1v) is 7.60. The van der Waals surface area contributed by atoms with Gasteiger partial charge in [-0.1, -0.05) is 11.6 Å². The number of fused-ring (bicyclic) bond motifs is 3. The molecule has 0 radical (unpaired) electrons. The zero-order valence-electron chi connectivity index (χ0n) is 11.9. The maximum Gasteiger partial charge on any atom is 0.155 e. The number of halogens is 2. The lowest BCUT2D eigenvalue weighted by Crippen LogP contribution is -2.50. The van der Waals surface area contributed by atoms with E-state index in [0.29, 0.717) is 5.92 Å². The van der Waals surface area contributed by atoms with Crippen LogP contribution in [0, 0.1) is 23.1 Å². The van der Waals surface area contributed by atoms with Crippen molar-refractivity contribution in [3.05, 3.63) is 34.1 Å². The molecule has 3 aliphatic rings. The maximum absolute atomic E-state index is 14.4. The van der Waals surface area contributed by atoms with E-state index >= 15 is 0 Å². The SMILES string of the molecule is N#Cc1c(Cl)ccc(C(=N[C@H]2CN3CCC2CC3)NO)c1F. The second-order valence-electron chi connectivity index (χ2n) is 5.69. The van der Waals surface area contributed by atoms with Crippen molar-refractivity contribution in [2.75, 3.05) is 19.6 Å². The van der Waals surface area contributed by atoms with Crippen LogP contribution in [0.2, 0.25) is 5.02 Å². The Labute approximate surface area is 133 Å². The van der Waals surface area contributed by atoms with E-state index in [1.165, 1.54) is 12.1 Å². The Balaban J connectivity index is 1.95. The van der Waals surface area contributed by atoms with Crippen LogP contribution in [0.1, 0.15) is 24.0 Å². The summed E-state index contributed by atoms with van der Waals surface area (Å²) in [5.41, 5.74) is 1.79. The van der Waals surface area contributed by atoms with Gasteiger partial charge in [0.05, 0.1) is 16.6 Å². The third-order valence-corrected chi connectivity index (χ3v) is 4.80. The van der Waals surface area contributed by atoms with Gasteiger partial charge in [0.2, 0.25) is 0 Å². The average Bonchev–Trinajstić information content (AvgIpc) is 2.55. The smallest absolute Gasteiger partial charge is 0.155 e. The number of nitrogens with zero attached hydrogens (tertiary/aromatic N) is 3. The number of nitriles is 1. The molecule has 3 heterocycles. The molecule has 7 heteroatoms. The predicted molar refractivity (Wildman–Crippen MR) is 80.5 cm³/mol. The highest BCUT2D eigenvalue weighted by Gasteiger charge is 2.34. The van der Waals surface area contributed by atoms with Crippen molar-refractivity contribution < 1.29 is 9.60 Å². The summed E-state index contributed by atoms with van der Waals surface area (Å²) in [6, 6.07) is 4.61. The number of rotatable bonds is 2. The van der Waals surface area contributed by atoms with E-state index in [1.807, 2.05) is 5.48 Å². The van der Waals surface area contributed by atoms with Gasteiger partial charge in [0, 0.05) is 6.54 Å². The summed E-state index contributed by atoms with van der Waals surface area (Å²) in [6.45, 7) is 2.97. The Morgan fingerprint density at radius 1 is 1.45 bits per heavy atom. The Bertz CT molecular complexity index is 650. The van der Waals surface area contributed by atoms with E-state index in [-0.39, 0.29) is 28.0 Å². The maximum atomic E-state index is 14.4. The molecule has 1 atom stereocenters. The monoisotopic (exact) mass is 322 g/mol. The Morgan fingerprint density at radius 3 is 2.73 bits per heavy atom. The molecule has 0 saturated carbocycles. The normalized spacial score (nSPS) is 27.5. The van der Waals surface area contributed by atoms with E-state index < -0.39 is 5.82 Å². The molecule has 0 spiro atoms. The summed E-state index contributed by atoms with van der Waals surface area (Å²) in [4.78, 5) is 6.82. The summed E-state index contributed by atoms with van der Waals surface area (Å²) in [5.74, 6) is -0.264. The molecule has 4 rings (SSSR count). The summed E-state index contributed by atoms with van der Waals surface area (Å²) < 4.78 is 14.4. The molecule has 0 amide bonds. The molecular weight excluding hydrogens is 307 g/mol. The van der Waals surface area contributed by atoms with Gasteiger partial charge in [-0.15, -0.1) is 0 Å². The molecule has 22 heavy (non-hydrogen) atoms. The van der Waals surface area contributed by atoms with Gasteiger partial charge in [-0.05, 0) is 44.0 Å². The van der Waals surface area contributed by atoms with Crippen molar-refractivity contribution in [2.45, 2.75) is 18.9 Å². The minimum Gasteiger partial charge on any atom is -0.301 e. The lowest BCUT2D eigenvalue weighted by molar-refractivity contribution is 0.0898. The highest BCUT2D eigenvalue weighted by Crippen LogP contribution is 2.30. The van der Waals surface area contributed by atoms with Gasteiger partial charge in [0.1, 0.15) is 11.6 Å². The molecule has 0 aromatic heterocycles. The van der Waals surface area contributed by atoms with Crippen molar-refractivity contribution in [1.29, 1.82) is 5.26 Å². The standard InChI is InChI=1S/C15H16ClFN4O/c16-12-2-1-10(14(17)11(12)7-18)15(20-22)19-13-8-21-5-3-9(13)4-6-21/h1-2,9,13,22H,3-6,8H2,(H,19,20)/t13-/m0/s1. The molecule has 3 saturated heterocycles. The summed E-state index contributed by atoms with van der Waals surface area (Å²) >= 11 is 5.80. The summed E-state index contributed by atoms with van der Waals surface area (Å²) in [5, 5.41) is 18.4. The number of hydroxylamine groups is 1. The lowest BCUT2D eigenvalue weighted by atomic mass is 9.84. The van der Waals surface area contributed by atoms with Gasteiger partial charge in [-0.2, -0.15) is 5.26 Å². The van der Waals surface area contributed by atoms with E-state index in [1.54, 1.807) is 6.07 Å². The van der Waals surface area contributed by atoms with Crippen LogP contribution >= 0.6 is 11.6 Å². The van der Waals surface area contributed by atoms with Crippen LogP contribution in [0.25, 0.3) is 0 Å². The number of aliphatic imine (C=N–C) groups is 1. The molecule has 116 valence electrons. The Hall–Kier alpha value is -1.68. The van der Waals surface area contributed by atoms with Crippen LogP contribution in [0.15, 0.2) is 17.1 Å². The van der Waals surface area contributed by atoms with Crippen LogP contribution < -0.4 is 5.48 Å². The minimum atomic E-state index is -0.767. The number of nitrogens with one attached hydrogen (secondary N) is 1. The summed E-state index contributed by atoms with van der Waals surface area (Å²) in [7, 11) is 0. The molecule has 0 unspecified atom stereocenters. The van der Waals surface area contributed by atoms with Crippen molar-refractivity contribution in [3.63, 3.8) is 0 Å². The van der Waals surface area contributed by atoms with Crippen molar-refractivity contribution >= 4 is 17.4 Å². The van der Waals surface area contributed by atoms with Crippen LogP contribution in [-0.4, -0.2) is 41.6 Å². The largest absolute Gasteiger partial charge is 0.301 e. The number of hydrogen-bond acceptors (Lipinski definition) is 4. The van der Waals surface area contributed by atoms with Gasteiger partial charge in [-0.3, -0.25) is 15.7 Å². The third kappa shape index (κ3) is 2.68. The fraction of sp³-hybridized carbons (Fsp3) is 0.467. The Kier molecular flexibility index (Phi) is 4.30. The molecule has 0 aliphatic carbocycles. The third-order valence-electron chi connectivity index (χ3n) is 4.48. The molecule has 1 aromatic rings. The molecular formula is C15H16ClFN4O. The van der Waals surface area contributed by atoms with E-state index in [9.17, 15) is 9.60 Å². The molecule has 5 nitrogen and oxygen atoms in total. The van der Waals surface area contributed by atoms with Gasteiger partial charge in [0.25, 0.3) is 0 Å². The van der Waals surface area contributed by atoms with E-state index in [0.717, 1.165) is 32.5 Å². The molecule has 2 N–H and O–H groups in total. The zero-order chi connectivity index (χ0) is 15.7. The van der Waals surface area contributed by atoms with Crippen LogP contribution in [0.3, 0.4) is 0 Å². The van der Waals surface area contributed by atoms with E-state index in [2.05, 4.69) is 9.89 Å². The quantitative estimate of drug-likeness (QED) is 0.497. The fourth-order valence-corrected chi connectivity index (χ4v) is 3.43. The Morgan fingerprint density at radius 2 is 2.18 bits per heavy atom. The second-order valence-corrected chi connectivity index (χ2v) is 6.10. The second kappa shape index (κ2) is 6.21. The van der Waals surface area contributed by atoms with Gasteiger partial charge >= 0.3 is 0 Å². The lowest BCUT2D eigenvalue weighted by Gasteiger charge is -2.43. The van der Waals surface area contributed by atoms with Crippen LogP contribution in [0.5, 0.6) is 0 Å². The number of benzene rings is 1. The first kappa shape index (κ1) is 15.2. The first-order chi connectivity index (χ1) is 10.6. The summed E-state index contributed by atoms with van der Waals surface area (Å²) in [6.07, 6.45) is 2.14. The van der Waals surface area contributed by atoms with Gasteiger partial charge < -0.3 is 4.90 Å². The highest BCUT2D eigenvalue weighted by molar-refractivity contribution is 6.31. The molecule has 3 aliphatic heterocycles. The average molecular weight is 323 g/mol. The number of hydrogen-bond donors (Lipinski definition) is 2. The van der Waals surface area contributed by atoms with Gasteiger partial charge in [0.15, 0.2) is 11.7 Å². The minimum absolute atomic E-state index is 0.0257. The molecule has 2 bridgehead atoms. The predicted octanol–water partition coefficient (Wildman–Crippen LogP) is 2.17. The zero-order valence-corrected chi connectivity index (χ0v) is 12.6. The van der Waals surface area contributed by atoms with Crippen molar-refractivity contribution in [2.24, 2.45) is 10.9 Å². The highest BCUT2D eigenvalue weighted by atomic mass is 35.5. The number of amidine groups is 1. The molecule has 1 aromatic carbocycles. The molecule has 3 fully saturated rings.